The minimum absolute atomic E-state index is 0.0110. The van der Waals surface area contributed by atoms with Gasteiger partial charge in [0.1, 0.15) is 11.6 Å². The molecular weight excluding hydrogens is 510 g/mol. The van der Waals surface area contributed by atoms with Crippen molar-refractivity contribution in [1.29, 1.82) is 0 Å². The molecule has 3 aromatic rings. The number of carbonyl (C=O) groups is 1. The average Bonchev–Trinajstić information content (AvgIpc) is 2.92. The lowest BCUT2D eigenvalue weighted by Gasteiger charge is -2.34. The van der Waals surface area contributed by atoms with Crippen LogP contribution in [-0.4, -0.2) is 57.0 Å². The number of hydrogen-bond donors (Lipinski definition) is 2. The van der Waals surface area contributed by atoms with Gasteiger partial charge in [-0.15, -0.1) is 0 Å². The molecule has 0 atom stereocenters. The maximum absolute atomic E-state index is 13.5. The molecule has 38 heavy (non-hydrogen) atoms. The van der Waals surface area contributed by atoms with Crippen LogP contribution < -0.4 is 9.44 Å². The number of halogens is 2. The summed E-state index contributed by atoms with van der Waals surface area (Å²) in [4.78, 5) is 16.3. The van der Waals surface area contributed by atoms with Crippen LogP contribution in [0.4, 0.5) is 13.6 Å². The Balaban J connectivity index is 1.24. The molecule has 7 nitrogen and oxygen atoms in total. The summed E-state index contributed by atoms with van der Waals surface area (Å²) in [6.07, 6.45) is 1.65. The molecule has 0 spiro atoms. The van der Waals surface area contributed by atoms with Crippen LogP contribution in [0.15, 0.2) is 78.9 Å². The number of rotatable bonds is 10. The molecule has 0 aromatic heterocycles. The van der Waals surface area contributed by atoms with Gasteiger partial charge in [0.2, 0.25) is 0 Å². The summed E-state index contributed by atoms with van der Waals surface area (Å²) in [5.74, 6) is -0.585. The maximum Gasteiger partial charge on any atom is 0.332 e. The topological polar surface area (TPSA) is 81.7 Å². The molecule has 1 fully saturated rings. The van der Waals surface area contributed by atoms with Crippen LogP contribution in [0, 0.1) is 11.6 Å². The Bertz CT molecular complexity index is 1240. The molecule has 0 aliphatic carbocycles. The van der Waals surface area contributed by atoms with E-state index in [1.165, 1.54) is 29.2 Å². The van der Waals surface area contributed by atoms with Crippen LogP contribution >= 0.6 is 0 Å². The fourth-order valence-corrected chi connectivity index (χ4v) is 5.39. The molecule has 0 radical (unpaired) electrons. The van der Waals surface area contributed by atoms with Crippen molar-refractivity contribution in [3.8, 4) is 0 Å². The minimum Gasteiger partial charge on any atom is -0.321 e. The molecule has 2 N–H and O–H groups in total. The highest BCUT2D eigenvalue weighted by molar-refractivity contribution is 7.88. The number of urea groups is 1. The van der Waals surface area contributed by atoms with Crippen molar-refractivity contribution < 1.29 is 22.0 Å². The summed E-state index contributed by atoms with van der Waals surface area (Å²) in [5.41, 5.74) is 2.74. The first-order valence-corrected chi connectivity index (χ1v) is 14.1. The summed E-state index contributed by atoms with van der Waals surface area (Å²) in [5, 5.41) is 0. The molecule has 1 aliphatic heterocycles. The number of amides is 2. The van der Waals surface area contributed by atoms with Gasteiger partial charge in [0, 0.05) is 38.6 Å². The molecule has 3 aromatic carbocycles. The molecule has 1 aliphatic rings. The number of benzene rings is 3. The van der Waals surface area contributed by atoms with E-state index in [1.54, 1.807) is 36.4 Å². The fourth-order valence-electron chi connectivity index (χ4n) is 4.60. The Kier molecular flexibility index (Phi) is 9.43. The smallest absolute Gasteiger partial charge is 0.321 e. The molecule has 2 amide bonds. The van der Waals surface area contributed by atoms with Gasteiger partial charge in [0.25, 0.3) is 0 Å². The Hall–Kier alpha value is -3.34. The number of nitrogens with one attached hydrogen (secondary N) is 2. The molecule has 0 unspecified atom stereocenters. The Morgan fingerprint density at radius 2 is 1.37 bits per heavy atom. The Labute approximate surface area is 222 Å². The van der Waals surface area contributed by atoms with Crippen LogP contribution in [-0.2, 0) is 16.8 Å². The second kappa shape index (κ2) is 12.9. The standard InChI is InChI=1S/C28H32F2N4O3S/c29-25-12-8-23(9-13-25)27(24-10-14-26(30)15-11-24)7-4-16-33-17-19-34(20-18-33)28(35)32-38(36,37)31-21-22-5-2-1-3-6-22/h1-3,5-6,8-15,27,31H,4,7,16-21H2,(H,32,35). The Morgan fingerprint density at radius 3 is 1.92 bits per heavy atom. The van der Waals surface area contributed by atoms with E-state index < -0.39 is 16.2 Å². The zero-order valence-electron chi connectivity index (χ0n) is 21.0. The predicted molar refractivity (Wildman–Crippen MR) is 143 cm³/mol. The number of carbonyl (C=O) groups excluding carboxylic acids is 1. The highest BCUT2D eigenvalue weighted by atomic mass is 32.2. The van der Waals surface area contributed by atoms with Gasteiger partial charge < -0.3 is 4.90 Å². The predicted octanol–water partition coefficient (Wildman–Crippen LogP) is 4.24. The van der Waals surface area contributed by atoms with E-state index >= 15 is 0 Å². The van der Waals surface area contributed by atoms with Gasteiger partial charge in [-0.05, 0) is 60.3 Å². The lowest BCUT2D eigenvalue weighted by atomic mass is 9.87. The zero-order chi connectivity index (χ0) is 27.0. The van der Waals surface area contributed by atoms with Crippen molar-refractivity contribution >= 4 is 16.2 Å². The minimum atomic E-state index is -3.98. The van der Waals surface area contributed by atoms with E-state index in [1.807, 2.05) is 18.2 Å². The molecule has 1 saturated heterocycles. The molecule has 4 rings (SSSR count). The SMILES string of the molecule is O=C(NS(=O)(=O)NCc1ccccc1)N1CCN(CCCC(c2ccc(F)cc2)c2ccc(F)cc2)CC1. The number of hydrogen-bond acceptors (Lipinski definition) is 4. The third kappa shape index (κ3) is 8.08. The second-order valence-electron chi connectivity index (χ2n) is 9.34. The van der Waals surface area contributed by atoms with E-state index in [-0.39, 0.29) is 24.1 Å². The van der Waals surface area contributed by atoms with E-state index in [0.29, 0.717) is 26.2 Å². The van der Waals surface area contributed by atoms with E-state index in [4.69, 9.17) is 0 Å². The van der Waals surface area contributed by atoms with Crippen LogP contribution in [0.1, 0.15) is 35.4 Å². The first-order valence-electron chi connectivity index (χ1n) is 12.6. The molecule has 0 saturated carbocycles. The van der Waals surface area contributed by atoms with Crippen LogP contribution in [0.25, 0.3) is 0 Å². The first-order chi connectivity index (χ1) is 18.3. The Morgan fingerprint density at radius 1 is 0.816 bits per heavy atom. The lowest BCUT2D eigenvalue weighted by molar-refractivity contribution is 0.141. The molecular formula is C28H32F2N4O3S. The average molecular weight is 543 g/mol. The van der Waals surface area contributed by atoms with Crippen LogP contribution in [0.5, 0.6) is 0 Å². The molecule has 10 heteroatoms. The highest BCUT2D eigenvalue weighted by Gasteiger charge is 2.24. The summed E-state index contributed by atoms with van der Waals surface area (Å²) >= 11 is 0. The number of nitrogens with zero attached hydrogens (tertiary/aromatic N) is 2. The monoisotopic (exact) mass is 542 g/mol. The van der Waals surface area contributed by atoms with Crippen molar-refractivity contribution in [2.24, 2.45) is 0 Å². The molecule has 0 bridgehead atoms. The van der Waals surface area contributed by atoms with Gasteiger partial charge in [-0.3, -0.25) is 4.90 Å². The molecule has 1 heterocycles. The first kappa shape index (κ1) is 27.7. The normalized spacial score (nSPS) is 14.6. The van der Waals surface area contributed by atoms with E-state index in [0.717, 1.165) is 36.1 Å². The van der Waals surface area contributed by atoms with E-state index in [9.17, 15) is 22.0 Å². The van der Waals surface area contributed by atoms with Gasteiger partial charge in [-0.2, -0.15) is 13.1 Å². The van der Waals surface area contributed by atoms with Crippen molar-refractivity contribution in [3.63, 3.8) is 0 Å². The van der Waals surface area contributed by atoms with E-state index in [2.05, 4.69) is 14.3 Å². The maximum atomic E-state index is 13.5. The quantitative estimate of drug-likeness (QED) is 0.402. The lowest BCUT2D eigenvalue weighted by Crippen LogP contribution is -2.54. The van der Waals surface area contributed by atoms with Crippen LogP contribution in [0.2, 0.25) is 0 Å². The fraction of sp³-hybridized carbons (Fsp3) is 0.321. The zero-order valence-corrected chi connectivity index (χ0v) is 21.8. The second-order valence-corrected chi connectivity index (χ2v) is 10.8. The van der Waals surface area contributed by atoms with Gasteiger partial charge in [-0.25, -0.2) is 18.3 Å². The van der Waals surface area contributed by atoms with Gasteiger partial charge >= 0.3 is 16.2 Å². The van der Waals surface area contributed by atoms with Gasteiger partial charge in [-0.1, -0.05) is 54.6 Å². The highest BCUT2D eigenvalue weighted by Crippen LogP contribution is 2.30. The summed E-state index contributed by atoms with van der Waals surface area (Å²) < 4.78 is 56.0. The molecule has 202 valence electrons. The summed E-state index contributed by atoms with van der Waals surface area (Å²) in [6.45, 7) is 2.98. The third-order valence-corrected chi connectivity index (χ3v) is 7.67. The van der Waals surface area contributed by atoms with Gasteiger partial charge in [0.15, 0.2) is 0 Å². The van der Waals surface area contributed by atoms with Crippen LogP contribution in [0.3, 0.4) is 0 Å². The summed E-state index contributed by atoms with van der Waals surface area (Å²) in [7, 11) is -3.98. The largest absolute Gasteiger partial charge is 0.332 e. The van der Waals surface area contributed by atoms with Crippen molar-refractivity contribution in [3.05, 3.63) is 107 Å². The summed E-state index contributed by atoms with van der Waals surface area (Å²) in [6, 6.07) is 21.2. The van der Waals surface area contributed by atoms with Crippen molar-refractivity contribution in [1.82, 2.24) is 19.2 Å². The third-order valence-electron chi connectivity index (χ3n) is 6.70. The van der Waals surface area contributed by atoms with Gasteiger partial charge in [0.05, 0.1) is 0 Å². The number of piperazine rings is 1. The van der Waals surface area contributed by atoms with Crippen molar-refractivity contribution in [2.75, 3.05) is 32.7 Å². The van der Waals surface area contributed by atoms with Crippen molar-refractivity contribution in [2.45, 2.75) is 25.3 Å².